The molecule has 0 N–H and O–H groups in total. The van der Waals surface area contributed by atoms with Crippen LogP contribution in [0.15, 0.2) is 47.4 Å². The van der Waals surface area contributed by atoms with Crippen molar-refractivity contribution in [2.45, 2.75) is 11.8 Å². The molecule has 2 aromatic rings. The summed E-state index contributed by atoms with van der Waals surface area (Å²) in [4.78, 5) is 23.0. The Kier molecular flexibility index (Phi) is 5.43. The molecule has 0 amide bonds. The summed E-state index contributed by atoms with van der Waals surface area (Å²) in [5.74, 6) is -1.11. The molecule has 1 fully saturated rings. The summed E-state index contributed by atoms with van der Waals surface area (Å²) in [5.41, 5.74) is 0.604. The van der Waals surface area contributed by atoms with Gasteiger partial charge in [-0.05, 0) is 43.3 Å². The first kappa shape index (κ1) is 19.9. The van der Waals surface area contributed by atoms with Gasteiger partial charge in [-0.25, -0.2) is 8.42 Å². The molecule has 0 radical (unpaired) electrons. The van der Waals surface area contributed by atoms with Gasteiger partial charge in [0, 0.05) is 43.5 Å². The van der Waals surface area contributed by atoms with Crippen LogP contribution >= 0.6 is 0 Å². The summed E-state index contributed by atoms with van der Waals surface area (Å²) < 4.78 is 40.2. The highest BCUT2D eigenvalue weighted by molar-refractivity contribution is 7.89. The second-order valence-electron chi connectivity index (χ2n) is 6.36. The lowest BCUT2D eigenvalue weighted by molar-refractivity contribution is -0.387. The molecule has 1 saturated heterocycles. The van der Waals surface area contributed by atoms with Gasteiger partial charge < -0.3 is 4.90 Å². The fourth-order valence-corrected chi connectivity index (χ4v) is 4.48. The average Bonchev–Trinajstić information content (AvgIpc) is 2.68. The van der Waals surface area contributed by atoms with Gasteiger partial charge >= 0.3 is 5.69 Å². The van der Waals surface area contributed by atoms with E-state index in [1.54, 1.807) is 12.1 Å². The van der Waals surface area contributed by atoms with Crippen LogP contribution in [0.25, 0.3) is 0 Å². The number of rotatable bonds is 5. The zero-order chi connectivity index (χ0) is 20.5. The molecule has 0 bridgehead atoms. The number of halogens is 1. The number of ketones is 1. The summed E-state index contributed by atoms with van der Waals surface area (Å²) in [6.45, 7) is 2.69. The fraction of sp³-hybridized carbons (Fsp3) is 0.278. The SMILES string of the molecule is CC(=O)c1ccc(N2CCN(S(=O)(=O)c3ccc(F)c([N+](=O)[O-])c3)CC2)cc1. The van der Waals surface area contributed by atoms with E-state index in [-0.39, 0.29) is 23.8 Å². The predicted molar refractivity (Wildman–Crippen MR) is 100 cm³/mol. The van der Waals surface area contributed by atoms with Crippen molar-refractivity contribution in [2.75, 3.05) is 31.1 Å². The second kappa shape index (κ2) is 7.64. The number of nitro groups is 1. The quantitative estimate of drug-likeness (QED) is 0.429. The molecule has 2 aromatic carbocycles. The van der Waals surface area contributed by atoms with E-state index in [1.807, 2.05) is 17.0 Å². The first-order valence-corrected chi connectivity index (χ1v) is 9.94. The third kappa shape index (κ3) is 3.87. The minimum atomic E-state index is -3.97. The molecule has 3 rings (SSSR count). The number of carbonyl (C=O) groups is 1. The molecule has 1 aliphatic rings. The monoisotopic (exact) mass is 407 g/mol. The molecule has 0 saturated carbocycles. The van der Waals surface area contributed by atoms with Crippen LogP contribution in [0.2, 0.25) is 0 Å². The zero-order valence-corrected chi connectivity index (χ0v) is 15.9. The molecule has 1 heterocycles. The van der Waals surface area contributed by atoms with Gasteiger partial charge in [0.15, 0.2) is 5.78 Å². The smallest absolute Gasteiger partial charge is 0.306 e. The van der Waals surface area contributed by atoms with E-state index in [0.717, 1.165) is 23.9 Å². The van der Waals surface area contributed by atoms with Crippen molar-refractivity contribution in [3.8, 4) is 0 Å². The highest BCUT2D eigenvalue weighted by Gasteiger charge is 2.30. The van der Waals surface area contributed by atoms with Crippen molar-refractivity contribution in [1.82, 2.24) is 4.31 Å². The van der Waals surface area contributed by atoms with Gasteiger partial charge in [-0.2, -0.15) is 8.70 Å². The van der Waals surface area contributed by atoms with Gasteiger partial charge in [0.2, 0.25) is 15.8 Å². The van der Waals surface area contributed by atoms with Crippen LogP contribution in [-0.2, 0) is 10.0 Å². The number of sulfonamides is 1. The highest BCUT2D eigenvalue weighted by Crippen LogP contribution is 2.26. The maximum Gasteiger partial charge on any atom is 0.306 e. The molecule has 0 unspecified atom stereocenters. The van der Waals surface area contributed by atoms with E-state index in [0.29, 0.717) is 18.7 Å². The van der Waals surface area contributed by atoms with Gasteiger partial charge in [0.05, 0.1) is 9.82 Å². The molecule has 148 valence electrons. The van der Waals surface area contributed by atoms with Gasteiger partial charge in [0.1, 0.15) is 0 Å². The van der Waals surface area contributed by atoms with Crippen LogP contribution in [0.1, 0.15) is 17.3 Å². The van der Waals surface area contributed by atoms with Gasteiger partial charge in [-0.3, -0.25) is 14.9 Å². The van der Waals surface area contributed by atoms with Crippen LogP contribution in [0, 0.1) is 15.9 Å². The molecule has 10 heteroatoms. The standard InChI is InChI=1S/C18H18FN3O5S/c1-13(23)14-2-4-15(5-3-14)20-8-10-21(11-9-20)28(26,27)16-6-7-17(19)18(12-16)22(24)25/h2-7,12H,8-11H2,1H3. The van der Waals surface area contributed by atoms with E-state index in [4.69, 9.17) is 0 Å². The van der Waals surface area contributed by atoms with E-state index in [9.17, 15) is 27.7 Å². The maximum absolute atomic E-state index is 13.5. The Balaban J connectivity index is 1.74. The Morgan fingerprint density at radius 1 is 1.07 bits per heavy atom. The Morgan fingerprint density at radius 2 is 1.68 bits per heavy atom. The predicted octanol–water partition coefficient (Wildman–Crippen LogP) is 2.45. The topological polar surface area (TPSA) is 101 Å². The number of carbonyl (C=O) groups excluding carboxylic acids is 1. The van der Waals surface area contributed by atoms with E-state index < -0.39 is 26.5 Å². The van der Waals surface area contributed by atoms with Crippen molar-refractivity contribution in [3.63, 3.8) is 0 Å². The second-order valence-corrected chi connectivity index (χ2v) is 8.30. The third-order valence-corrected chi connectivity index (χ3v) is 6.52. The summed E-state index contributed by atoms with van der Waals surface area (Å²) in [7, 11) is -3.97. The fourth-order valence-electron chi connectivity index (χ4n) is 3.04. The number of hydrogen-bond donors (Lipinski definition) is 0. The number of benzene rings is 2. The molecule has 8 nitrogen and oxygen atoms in total. The lowest BCUT2D eigenvalue weighted by Crippen LogP contribution is -2.48. The van der Waals surface area contributed by atoms with E-state index >= 15 is 0 Å². The van der Waals surface area contributed by atoms with Crippen LogP contribution in [0.5, 0.6) is 0 Å². The Morgan fingerprint density at radius 3 is 2.21 bits per heavy atom. The number of nitrogens with zero attached hydrogens (tertiary/aromatic N) is 3. The minimum Gasteiger partial charge on any atom is -0.369 e. The summed E-state index contributed by atoms with van der Waals surface area (Å²) >= 11 is 0. The van der Waals surface area contributed by atoms with Crippen LogP contribution < -0.4 is 4.90 Å². The number of Topliss-reactive ketones (excluding diaryl/α,β-unsaturated/α-hetero) is 1. The first-order chi connectivity index (χ1) is 13.2. The number of piperazine rings is 1. The Bertz CT molecular complexity index is 1020. The normalized spacial score (nSPS) is 15.4. The first-order valence-electron chi connectivity index (χ1n) is 8.50. The molecular formula is C18H18FN3O5S. The molecule has 1 aliphatic heterocycles. The van der Waals surface area contributed by atoms with Gasteiger partial charge in [-0.15, -0.1) is 0 Å². The molecule has 28 heavy (non-hydrogen) atoms. The summed E-state index contributed by atoms with van der Waals surface area (Å²) in [6, 6.07) is 9.63. The Labute approximate surface area is 161 Å². The number of hydrogen-bond acceptors (Lipinski definition) is 6. The highest BCUT2D eigenvalue weighted by atomic mass is 32.2. The number of nitro benzene ring substituents is 1. The number of anilines is 1. The van der Waals surface area contributed by atoms with Crippen molar-refractivity contribution in [1.29, 1.82) is 0 Å². The molecule has 0 aliphatic carbocycles. The lowest BCUT2D eigenvalue weighted by Gasteiger charge is -2.35. The summed E-state index contributed by atoms with van der Waals surface area (Å²) in [5, 5.41) is 10.9. The zero-order valence-electron chi connectivity index (χ0n) is 15.0. The van der Waals surface area contributed by atoms with Crippen LogP contribution in [0.3, 0.4) is 0 Å². The van der Waals surface area contributed by atoms with Crippen molar-refractivity contribution < 1.29 is 22.5 Å². The third-order valence-electron chi connectivity index (χ3n) is 4.63. The van der Waals surface area contributed by atoms with Crippen LogP contribution in [0.4, 0.5) is 15.8 Å². The van der Waals surface area contributed by atoms with Crippen LogP contribution in [-0.4, -0.2) is 49.6 Å². The van der Waals surface area contributed by atoms with Gasteiger partial charge in [0.25, 0.3) is 0 Å². The lowest BCUT2D eigenvalue weighted by atomic mass is 10.1. The Hall–Kier alpha value is -2.85. The van der Waals surface area contributed by atoms with Crippen molar-refractivity contribution in [2.24, 2.45) is 0 Å². The van der Waals surface area contributed by atoms with Gasteiger partial charge in [-0.1, -0.05) is 0 Å². The maximum atomic E-state index is 13.5. The molecular weight excluding hydrogens is 389 g/mol. The average molecular weight is 407 g/mol. The van der Waals surface area contributed by atoms with Crippen molar-refractivity contribution in [3.05, 3.63) is 64.0 Å². The summed E-state index contributed by atoms with van der Waals surface area (Å²) in [6.07, 6.45) is 0. The van der Waals surface area contributed by atoms with E-state index in [2.05, 4.69) is 0 Å². The molecule has 0 spiro atoms. The minimum absolute atomic E-state index is 0.0316. The molecule has 0 aromatic heterocycles. The molecule has 0 atom stereocenters. The largest absolute Gasteiger partial charge is 0.369 e. The van der Waals surface area contributed by atoms with E-state index in [1.165, 1.54) is 11.2 Å². The van der Waals surface area contributed by atoms with Crippen molar-refractivity contribution >= 4 is 27.2 Å².